The smallest absolute Gasteiger partial charge is 0.246 e. The average molecular weight is 511 g/mol. The van der Waals surface area contributed by atoms with E-state index in [0.29, 0.717) is 13.0 Å². The number of benzene rings is 1. The molecule has 3 atom stereocenters. The van der Waals surface area contributed by atoms with Crippen LogP contribution in [-0.4, -0.2) is 46.2 Å². The second-order valence-electron chi connectivity index (χ2n) is 11.2. The summed E-state index contributed by atoms with van der Waals surface area (Å²) < 4.78 is 0. The lowest BCUT2D eigenvalue weighted by Crippen LogP contribution is -2.58. The summed E-state index contributed by atoms with van der Waals surface area (Å²) in [5, 5.41) is 6.13. The third-order valence-electron chi connectivity index (χ3n) is 7.49. The van der Waals surface area contributed by atoms with Gasteiger partial charge in [0, 0.05) is 12.5 Å². The topological polar surface area (TPSA) is 91.4 Å². The number of hydrogen-bond acceptors (Lipinski definition) is 5. The quantitative estimate of drug-likeness (QED) is 0.569. The summed E-state index contributed by atoms with van der Waals surface area (Å²) in [4.78, 5) is 46.8. The van der Waals surface area contributed by atoms with Crippen molar-refractivity contribution < 1.29 is 14.4 Å². The van der Waals surface area contributed by atoms with Crippen molar-refractivity contribution in [3.63, 3.8) is 0 Å². The van der Waals surface area contributed by atoms with Crippen LogP contribution in [-0.2, 0) is 14.4 Å². The Morgan fingerprint density at radius 1 is 1.03 bits per heavy atom. The first-order valence-electron chi connectivity index (χ1n) is 13.0. The molecule has 2 aromatic rings. The number of aryl methyl sites for hydroxylation is 1. The SMILES string of the molecule is Cc1ncsc1-c1ccc([C@H](C)NC(=O)[C@@H]2CCCN2C(=O)C(NC(=O)C2CCC2)C(C)(C)C)cc1. The average Bonchev–Trinajstić information content (AvgIpc) is 3.44. The van der Waals surface area contributed by atoms with Crippen molar-refractivity contribution in [3.05, 3.63) is 41.0 Å². The van der Waals surface area contributed by atoms with Gasteiger partial charge in [0.2, 0.25) is 17.7 Å². The lowest BCUT2D eigenvalue weighted by Gasteiger charge is -2.37. The Hall–Kier alpha value is -2.74. The Kier molecular flexibility index (Phi) is 7.83. The van der Waals surface area contributed by atoms with Crippen LogP contribution in [0.2, 0.25) is 0 Å². The second kappa shape index (κ2) is 10.7. The van der Waals surface area contributed by atoms with Crippen molar-refractivity contribution >= 4 is 29.1 Å². The van der Waals surface area contributed by atoms with E-state index in [-0.39, 0.29) is 29.7 Å². The summed E-state index contributed by atoms with van der Waals surface area (Å²) >= 11 is 1.62. The van der Waals surface area contributed by atoms with Gasteiger partial charge in [-0.2, -0.15) is 0 Å². The number of likely N-dealkylation sites (tertiary alicyclic amines) is 1. The minimum absolute atomic E-state index is 0.00700. The van der Waals surface area contributed by atoms with Gasteiger partial charge in [-0.15, -0.1) is 11.3 Å². The van der Waals surface area contributed by atoms with E-state index in [1.54, 1.807) is 16.2 Å². The van der Waals surface area contributed by atoms with Crippen LogP contribution in [0.4, 0.5) is 0 Å². The van der Waals surface area contributed by atoms with Crippen molar-refractivity contribution in [1.29, 1.82) is 0 Å². The first-order valence-corrected chi connectivity index (χ1v) is 13.9. The molecule has 1 aliphatic heterocycles. The molecule has 1 saturated carbocycles. The normalized spacial score (nSPS) is 19.9. The Morgan fingerprint density at radius 2 is 1.72 bits per heavy atom. The van der Waals surface area contributed by atoms with Crippen molar-refractivity contribution in [3.8, 4) is 10.4 Å². The van der Waals surface area contributed by atoms with E-state index in [1.807, 2.05) is 52.3 Å². The first-order chi connectivity index (χ1) is 17.1. The fourth-order valence-electron chi connectivity index (χ4n) is 4.94. The summed E-state index contributed by atoms with van der Waals surface area (Å²) in [5.41, 5.74) is 4.52. The molecule has 2 heterocycles. The molecular formula is C28H38N4O3S. The molecule has 8 heteroatoms. The van der Waals surface area contributed by atoms with Crippen LogP contribution in [0, 0.1) is 18.3 Å². The standard InChI is InChI=1S/C28H38N4O3S/c1-17(19-11-13-20(14-12-19)23-18(2)29-16-36-23)30-26(34)22-10-7-15-32(22)27(35)24(28(3,4)5)31-25(33)21-8-6-9-21/h11-14,16-17,21-22,24H,6-10,15H2,1-5H3,(H,30,34)(H,31,33)/t17-,22-,24?/m0/s1. The van der Waals surface area contributed by atoms with E-state index in [2.05, 4.69) is 27.8 Å². The molecule has 2 aliphatic rings. The van der Waals surface area contributed by atoms with Gasteiger partial charge in [-0.3, -0.25) is 14.4 Å². The van der Waals surface area contributed by atoms with Crippen LogP contribution < -0.4 is 10.6 Å². The molecule has 194 valence electrons. The number of thiazole rings is 1. The van der Waals surface area contributed by atoms with E-state index in [4.69, 9.17) is 0 Å². The van der Waals surface area contributed by atoms with Gasteiger partial charge in [0.15, 0.2) is 0 Å². The minimum atomic E-state index is -0.654. The predicted molar refractivity (Wildman–Crippen MR) is 142 cm³/mol. The zero-order chi connectivity index (χ0) is 26.0. The Labute approximate surface area is 218 Å². The van der Waals surface area contributed by atoms with Crippen LogP contribution in [0.1, 0.15) is 77.1 Å². The van der Waals surface area contributed by atoms with E-state index < -0.39 is 17.5 Å². The van der Waals surface area contributed by atoms with E-state index in [0.717, 1.165) is 47.4 Å². The third-order valence-corrected chi connectivity index (χ3v) is 8.47. The molecule has 0 bridgehead atoms. The lowest BCUT2D eigenvalue weighted by atomic mass is 9.82. The van der Waals surface area contributed by atoms with E-state index in [1.165, 1.54) is 0 Å². The molecule has 2 fully saturated rings. The highest BCUT2D eigenvalue weighted by Gasteiger charge is 2.43. The molecule has 1 aromatic carbocycles. The molecule has 0 spiro atoms. The lowest BCUT2D eigenvalue weighted by molar-refractivity contribution is -0.145. The van der Waals surface area contributed by atoms with Gasteiger partial charge in [-0.1, -0.05) is 51.5 Å². The highest BCUT2D eigenvalue weighted by atomic mass is 32.1. The van der Waals surface area contributed by atoms with Gasteiger partial charge in [0.1, 0.15) is 12.1 Å². The molecule has 4 rings (SSSR count). The number of nitrogens with one attached hydrogen (secondary N) is 2. The molecule has 1 saturated heterocycles. The van der Waals surface area contributed by atoms with Crippen molar-refractivity contribution in [2.45, 2.75) is 84.8 Å². The zero-order valence-corrected chi connectivity index (χ0v) is 22.8. The van der Waals surface area contributed by atoms with Crippen LogP contribution in [0.25, 0.3) is 10.4 Å². The molecule has 7 nitrogen and oxygen atoms in total. The molecule has 2 N–H and O–H groups in total. The highest BCUT2D eigenvalue weighted by Crippen LogP contribution is 2.31. The Bertz CT molecular complexity index is 1100. The molecule has 36 heavy (non-hydrogen) atoms. The number of amides is 3. The summed E-state index contributed by atoms with van der Waals surface area (Å²) in [5.74, 6) is -0.341. The van der Waals surface area contributed by atoms with Crippen LogP contribution in [0.15, 0.2) is 29.8 Å². The van der Waals surface area contributed by atoms with Gasteiger partial charge in [0.25, 0.3) is 0 Å². The van der Waals surface area contributed by atoms with Gasteiger partial charge >= 0.3 is 0 Å². The van der Waals surface area contributed by atoms with Gasteiger partial charge in [0.05, 0.1) is 22.1 Å². The van der Waals surface area contributed by atoms with Gasteiger partial charge in [-0.05, 0) is 56.1 Å². The maximum Gasteiger partial charge on any atom is 0.246 e. The fourth-order valence-corrected chi connectivity index (χ4v) is 5.75. The summed E-state index contributed by atoms with van der Waals surface area (Å²) in [7, 11) is 0. The van der Waals surface area contributed by atoms with Crippen LogP contribution in [0.5, 0.6) is 0 Å². The highest BCUT2D eigenvalue weighted by molar-refractivity contribution is 7.13. The summed E-state index contributed by atoms with van der Waals surface area (Å²) in [6.07, 6.45) is 4.23. The van der Waals surface area contributed by atoms with Crippen molar-refractivity contribution in [1.82, 2.24) is 20.5 Å². The maximum absolute atomic E-state index is 13.6. The van der Waals surface area contributed by atoms with E-state index >= 15 is 0 Å². The molecule has 0 radical (unpaired) electrons. The van der Waals surface area contributed by atoms with Gasteiger partial charge < -0.3 is 15.5 Å². The number of hydrogen-bond donors (Lipinski definition) is 2. The molecule has 3 amide bonds. The zero-order valence-electron chi connectivity index (χ0n) is 22.0. The second-order valence-corrected chi connectivity index (χ2v) is 12.1. The van der Waals surface area contributed by atoms with Gasteiger partial charge in [-0.25, -0.2) is 4.98 Å². The number of nitrogens with zero attached hydrogens (tertiary/aromatic N) is 2. The number of carbonyl (C=O) groups is 3. The Morgan fingerprint density at radius 3 is 2.28 bits per heavy atom. The number of aromatic nitrogens is 1. The summed E-state index contributed by atoms with van der Waals surface area (Å²) in [6.45, 7) is 10.4. The summed E-state index contributed by atoms with van der Waals surface area (Å²) in [6, 6.07) is 6.81. The predicted octanol–water partition coefficient (Wildman–Crippen LogP) is 4.62. The molecular weight excluding hydrogens is 472 g/mol. The third kappa shape index (κ3) is 5.64. The van der Waals surface area contributed by atoms with Crippen LogP contribution >= 0.6 is 11.3 Å². The fraction of sp³-hybridized carbons (Fsp3) is 0.571. The monoisotopic (exact) mass is 510 g/mol. The molecule has 1 aliphatic carbocycles. The maximum atomic E-state index is 13.6. The molecule has 1 unspecified atom stereocenters. The Balaban J connectivity index is 1.41. The minimum Gasteiger partial charge on any atom is -0.348 e. The van der Waals surface area contributed by atoms with Crippen molar-refractivity contribution in [2.75, 3.05) is 6.54 Å². The van der Waals surface area contributed by atoms with Crippen molar-refractivity contribution in [2.24, 2.45) is 11.3 Å². The van der Waals surface area contributed by atoms with E-state index in [9.17, 15) is 14.4 Å². The molecule has 1 aromatic heterocycles. The van der Waals surface area contributed by atoms with Crippen LogP contribution in [0.3, 0.4) is 0 Å². The number of carbonyl (C=O) groups excluding carboxylic acids is 3. The largest absolute Gasteiger partial charge is 0.348 e. The number of rotatable bonds is 7. The first kappa shape index (κ1) is 26.3.